The third kappa shape index (κ3) is 2.00. The van der Waals surface area contributed by atoms with E-state index in [0.717, 1.165) is 22.4 Å². The van der Waals surface area contributed by atoms with Crippen LogP contribution < -0.4 is 5.46 Å². The van der Waals surface area contributed by atoms with Crippen molar-refractivity contribution in [3.05, 3.63) is 29.6 Å². The zero-order valence-electron chi connectivity index (χ0n) is 8.46. The van der Waals surface area contributed by atoms with Gasteiger partial charge in [-0.05, 0) is 25.0 Å². The summed E-state index contributed by atoms with van der Waals surface area (Å²) in [5, 5.41) is 0. The van der Waals surface area contributed by atoms with Crippen LogP contribution >= 0.6 is 0 Å². The average Bonchev–Trinajstić information content (AvgIpc) is 2.09. The highest BCUT2D eigenvalue weighted by molar-refractivity contribution is 6.34. The minimum atomic E-state index is 0.429. The van der Waals surface area contributed by atoms with E-state index in [1.807, 2.05) is 13.0 Å². The van der Waals surface area contributed by atoms with Crippen LogP contribution in [0, 0.1) is 6.92 Å². The highest BCUT2D eigenvalue weighted by Crippen LogP contribution is 2.13. The molecule has 1 aromatic rings. The van der Waals surface area contributed by atoms with Gasteiger partial charge >= 0.3 is 0 Å². The van der Waals surface area contributed by atoms with Crippen molar-refractivity contribution in [3.63, 3.8) is 0 Å². The lowest BCUT2D eigenvalue weighted by Crippen LogP contribution is -2.15. The number of pyridine rings is 1. The van der Waals surface area contributed by atoms with Crippen molar-refractivity contribution in [2.45, 2.75) is 26.7 Å². The Hall–Kier alpha value is -1.05. The highest BCUT2D eigenvalue weighted by Gasteiger charge is 2.05. The summed E-state index contributed by atoms with van der Waals surface area (Å²) in [7, 11) is 5.83. The fourth-order valence-corrected chi connectivity index (χ4v) is 1.18. The number of aromatic nitrogens is 1. The van der Waals surface area contributed by atoms with E-state index in [1.165, 1.54) is 0 Å². The lowest BCUT2D eigenvalue weighted by atomic mass is 9.88. The van der Waals surface area contributed by atoms with Crippen molar-refractivity contribution in [3.8, 4) is 0 Å². The van der Waals surface area contributed by atoms with Gasteiger partial charge in [0.15, 0.2) is 0 Å². The Morgan fingerprint density at radius 2 is 2.15 bits per heavy atom. The lowest BCUT2D eigenvalue weighted by molar-refractivity contribution is 0.820. The number of hydrogen-bond acceptors (Lipinski definition) is 1. The molecule has 0 unspecified atom stereocenters. The third-order valence-electron chi connectivity index (χ3n) is 2.10. The predicted octanol–water partition coefficient (Wildman–Crippen LogP) is 1.95. The van der Waals surface area contributed by atoms with Crippen LogP contribution in [-0.2, 0) is 0 Å². The van der Waals surface area contributed by atoms with Gasteiger partial charge in [-0.15, -0.1) is 0 Å². The highest BCUT2D eigenvalue weighted by atomic mass is 14.7. The molecular weight excluding hydrogens is 157 g/mol. The summed E-state index contributed by atoms with van der Waals surface area (Å²) in [4.78, 5) is 4.41. The smallest absolute Gasteiger partial charge is 0.117 e. The van der Waals surface area contributed by atoms with Gasteiger partial charge in [0, 0.05) is 5.69 Å². The van der Waals surface area contributed by atoms with Gasteiger partial charge in [0.25, 0.3) is 0 Å². The maximum absolute atomic E-state index is 5.83. The molecule has 0 N–H and O–H groups in total. The predicted molar refractivity (Wildman–Crippen MR) is 58.5 cm³/mol. The molecule has 0 aliphatic carbocycles. The number of rotatable bonds is 2. The zero-order valence-corrected chi connectivity index (χ0v) is 8.46. The van der Waals surface area contributed by atoms with Crippen LogP contribution in [0.2, 0.25) is 0 Å². The molecule has 0 aliphatic rings. The van der Waals surface area contributed by atoms with Gasteiger partial charge in [-0.3, -0.25) is 4.98 Å². The fourth-order valence-electron chi connectivity index (χ4n) is 1.18. The van der Waals surface area contributed by atoms with E-state index < -0.39 is 0 Å². The van der Waals surface area contributed by atoms with Crippen molar-refractivity contribution < 1.29 is 0 Å². The van der Waals surface area contributed by atoms with Crippen LogP contribution in [0.4, 0.5) is 0 Å². The molecule has 1 nitrogen and oxygen atoms in total. The van der Waals surface area contributed by atoms with E-state index in [1.54, 1.807) is 6.08 Å². The first kappa shape index (κ1) is 10.0. The van der Waals surface area contributed by atoms with Gasteiger partial charge in [-0.2, -0.15) is 0 Å². The first-order valence-electron chi connectivity index (χ1n) is 4.45. The summed E-state index contributed by atoms with van der Waals surface area (Å²) in [6.45, 7) is 9.92. The largest absolute Gasteiger partial charge is 0.254 e. The summed E-state index contributed by atoms with van der Waals surface area (Å²) in [6.07, 6.45) is 1.70. The maximum atomic E-state index is 5.83. The van der Waals surface area contributed by atoms with Crippen LogP contribution in [0.15, 0.2) is 12.6 Å². The van der Waals surface area contributed by atoms with Crippen molar-refractivity contribution in [1.82, 2.24) is 4.98 Å². The number of aryl methyl sites for hydroxylation is 1. The van der Waals surface area contributed by atoms with Gasteiger partial charge in [-0.25, -0.2) is 0 Å². The number of hydrogen-bond donors (Lipinski definition) is 0. The molecule has 0 spiro atoms. The minimum absolute atomic E-state index is 0.429. The minimum Gasteiger partial charge on any atom is -0.254 e. The first-order chi connectivity index (χ1) is 6.06. The zero-order chi connectivity index (χ0) is 10.0. The van der Waals surface area contributed by atoms with Gasteiger partial charge in [0.1, 0.15) is 7.85 Å². The monoisotopic (exact) mass is 171 g/mol. The number of nitrogens with zero attached hydrogens (tertiary/aromatic N) is 1. The Balaban J connectivity index is 3.30. The van der Waals surface area contributed by atoms with E-state index in [2.05, 4.69) is 25.4 Å². The summed E-state index contributed by atoms with van der Waals surface area (Å²) >= 11 is 0. The average molecular weight is 171 g/mol. The second-order valence-corrected chi connectivity index (χ2v) is 3.52. The third-order valence-corrected chi connectivity index (χ3v) is 2.10. The van der Waals surface area contributed by atoms with Crippen molar-refractivity contribution >= 4 is 19.4 Å². The van der Waals surface area contributed by atoms with E-state index in [-0.39, 0.29) is 0 Å². The van der Waals surface area contributed by atoms with E-state index in [4.69, 9.17) is 7.85 Å². The van der Waals surface area contributed by atoms with Crippen molar-refractivity contribution in [2.24, 2.45) is 0 Å². The van der Waals surface area contributed by atoms with Crippen LogP contribution in [-0.4, -0.2) is 12.8 Å². The first-order valence-corrected chi connectivity index (χ1v) is 4.45. The Labute approximate surface area is 81.3 Å². The summed E-state index contributed by atoms with van der Waals surface area (Å²) in [5.74, 6) is 0.429. The molecule has 0 fully saturated rings. The molecule has 0 bridgehead atoms. The maximum Gasteiger partial charge on any atom is 0.117 e. The Bertz CT molecular complexity index is 329. The molecule has 0 saturated carbocycles. The lowest BCUT2D eigenvalue weighted by Gasteiger charge is -2.10. The Kier molecular flexibility index (Phi) is 2.92. The second-order valence-electron chi connectivity index (χ2n) is 3.52. The normalized spacial score (nSPS) is 10.5. The van der Waals surface area contributed by atoms with Crippen molar-refractivity contribution in [2.75, 3.05) is 0 Å². The molecule has 0 aliphatic heterocycles. The standard InChI is InChI=1S/C11H14BN/c1-5-9-11(12)8(4)6-10(13-9)7(2)3/h5-7H,1H2,2-4H3. The van der Waals surface area contributed by atoms with Crippen LogP contribution in [0.3, 0.4) is 0 Å². The van der Waals surface area contributed by atoms with Gasteiger partial charge in [0.2, 0.25) is 0 Å². The van der Waals surface area contributed by atoms with Crippen LogP contribution in [0.5, 0.6) is 0 Å². The molecule has 0 amide bonds. The molecular formula is C11H14BN. The summed E-state index contributed by atoms with van der Waals surface area (Å²) < 4.78 is 0. The Morgan fingerprint density at radius 3 is 2.62 bits per heavy atom. The van der Waals surface area contributed by atoms with Gasteiger partial charge < -0.3 is 0 Å². The molecule has 2 radical (unpaired) electrons. The van der Waals surface area contributed by atoms with Gasteiger partial charge in [0.05, 0.1) is 5.69 Å². The second kappa shape index (κ2) is 3.78. The van der Waals surface area contributed by atoms with E-state index in [9.17, 15) is 0 Å². The van der Waals surface area contributed by atoms with Crippen LogP contribution in [0.1, 0.15) is 36.7 Å². The molecule has 0 atom stereocenters. The molecule has 1 rings (SSSR count). The molecule has 0 aromatic carbocycles. The quantitative estimate of drug-likeness (QED) is 0.619. The Morgan fingerprint density at radius 1 is 1.54 bits per heavy atom. The van der Waals surface area contributed by atoms with Crippen molar-refractivity contribution in [1.29, 1.82) is 0 Å². The van der Waals surface area contributed by atoms with Gasteiger partial charge in [-0.1, -0.05) is 31.5 Å². The summed E-state index contributed by atoms with van der Waals surface area (Å²) in [5.41, 5.74) is 3.68. The van der Waals surface area contributed by atoms with Crippen LogP contribution in [0.25, 0.3) is 6.08 Å². The topological polar surface area (TPSA) is 12.9 Å². The fraction of sp³-hybridized carbons (Fsp3) is 0.364. The molecule has 2 heteroatoms. The summed E-state index contributed by atoms with van der Waals surface area (Å²) in [6, 6.07) is 2.03. The molecule has 0 saturated heterocycles. The molecule has 66 valence electrons. The van der Waals surface area contributed by atoms with E-state index >= 15 is 0 Å². The SMILES string of the molecule is [B]c1c(C)cc(C(C)C)nc1C=C. The van der Waals surface area contributed by atoms with E-state index in [0.29, 0.717) is 5.92 Å². The molecule has 1 aromatic heterocycles. The molecule has 1 heterocycles. The molecule has 13 heavy (non-hydrogen) atoms.